The molecule has 14 aromatic rings. The van der Waals surface area contributed by atoms with Gasteiger partial charge in [0.2, 0.25) is 0 Å². The van der Waals surface area contributed by atoms with Crippen molar-refractivity contribution >= 4 is 110 Å². The average Bonchev–Trinajstić information content (AvgIpc) is 4.11. The largest absolute Gasteiger partial charge is 0.697 e. The second-order valence-electron chi connectivity index (χ2n) is 18.2. The minimum absolute atomic E-state index is 1.09. The van der Waals surface area contributed by atoms with Crippen LogP contribution in [0, 0.1) is 12.8 Å². The van der Waals surface area contributed by atoms with E-state index in [0.29, 0.717) is 0 Å². The summed E-state index contributed by atoms with van der Waals surface area (Å²) in [6, 6.07) is 102. The van der Waals surface area contributed by atoms with Crippen LogP contribution >= 0.6 is 15.9 Å². The molecule has 0 saturated heterocycles. The Balaban J connectivity index is 0.000000205. The monoisotopic (exact) mass is 1010 g/mol. The Hall–Kier alpha value is -8.92. The maximum atomic E-state index is 5.25. The van der Waals surface area contributed by atoms with Crippen LogP contribution < -0.4 is 20.7 Å². The number of para-hydroxylation sites is 6. The van der Waals surface area contributed by atoms with Gasteiger partial charge in [-0.2, -0.15) is 0 Å². The maximum Gasteiger partial charge on any atom is 0.179 e. The number of fused-ring (bicyclic) bond motifs is 9. The van der Waals surface area contributed by atoms with Crippen molar-refractivity contribution in [3.05, 3.63) is 290 Å². The molecular formula is C68H47BrN3Si-. The minimum Gasteiger partial charge on any atom is -0.697 e. The zero-order chi connectivity index (χ0) is 49.3. The summed E-state index contributed by atoms with van der Waals surface area (Å²) < 4.78 is 8.29. The first kappa shape index (κ1) is 45.2. The van der Waals surface area contributed by atoms with Crippen LogP contribution in [0.2, 0.25) is 0 Å². The van der Waals surface area contributed by atoms with Gasteiger partial charge >= 0.3 is 0 Å². The minimum atomic E-state index is -2.88. The molecule has 0 aliphatic rings. The predicted octanol–water partition coefficient (Wildman–Crippen LogP) is 15.0. The third-order valence-corrected chi connectivity index (χ3v) is 19.5. The fourth-order valence-electron chi connectivity index (χ4n) is 11.4. The molecule has 0 amide bonds. The molecule has 0 fully saturated rings. The number of nitrogens with zero attached hydrogens (tertiary/aromatic N) is 3. The molecule has 5 heteroatoms. The van der Waals surface area contributed by atoms with Gasteiger partial charge in [0.15, 0.2) is 8.07 Å². The Morgan fingerprint density at radius 2 is 0.507 bits per heavy atom. The number of hydrogen-bond donors (Lipinski definition) is 0. The van der Waals surface area contributed by atoms with Crippen LogP contribution in [0.5, 0.6) is 0 Å². The number of halogens is 1. The summed E-state index contributed by atoms with van der Waals surface area (Å²) in [5, 5.41) is 13.1. The van der Waals surface area contributed by atoms with E-state index in [2.05, 4.69) is 315 Å². The van der Waals surface area contributed by atoms with E-state index in [9.17, 15) is 0 Å². The molecule has 0 spiro atoms. The summed E-state index contributed by atoms with van der Waals surface area (Å²) in [5.74, 6) is 0. The molecule has 0 aliphatic heterocycles. The lowest BCUT2D eigenvalue weighted by Crippen LogP contribution is -2.74. The molecule has 346 valence electrons. The molecule has 0 bridgehead atoms. The van der Waals surface area contributed by atoms with Gasteiger partial charge in [0.25, 0.3) is 0 Å². The number of hydrogen-bond acceptors (Lipinski definition) is 0. The molecule has 0 unspecified atom stereocenters. The lowest BCUT2D eigenvalue weighted by Gasteiger charge is -2.35. The van der Waals surface area contributed by atoms with Crippen LogP contribution in [0.1, 0.15) is 0 Å². The molecule has 14 rings (SSSR count). The highest BCUT2D eigenvalue weighted by Crippen LogP contribution is 2.35. The number of benzene rings is 11. The Labute approximate surface area is 434 Å². The number of terminal acetylenes is 1. The fraction of sp³-hybridized carbons (Fsp3) is 0. The van der Waals surface area contributed by atoms with Gasteiger partial charge in [0, 0.05) is 53.9 Å². The normalized spacial score (nSPS) is 11.4. The molecule has 0 atom stereocenters. The highest BCUT2D eigenvalue weighted by molar-refractivity contribution is 9.10. The number of rotatable bonds is 7. The van der Waals surface area contributed by atoms with Gasteiger partial charge in [0.05, 0.1) is 33.1 Å². The van der Waals surface area contributed by atoms with Crippen LogP contribution in [-0.2, 0) is 0 Å². The summed E-state index contributed by atoms with van der Waals surface area (Å²) >= 11 is 3.56. The predicted molar refractivity (Wildman–Crippen MR) is 315 cm³/mol. The first-order valence-electron chi connectivity index (χ1n) is 24.5. The lowest BCUT2D eigenvalue weighted by molar-refractivity contribution is 1.18. The summed E-state index contributed by atoms with van der Waals surface area (Å²) in [6.45, 7) is 0. The Bertz CT molecular complexity index is 3960. The van der Waals surface area contributed by atoms with Crippen molar-refractivity contribution in [2.45, 2.75) is 0 Å². The van der Waals surface area contributed by atoms with E-state index in [0.717, 1.165) is 4.47 Å². The Morgan fingerprint density at radius 3 is 0.808 bits per heavy atom. The topological polar surface area (TPSA) is 14.8 Å². The first-order valence-corrected chi connectivity index (χ1v) is 27.3. The summed E-state index contributed by atoms with van der Waals surface area (Å²) in [7, 11) is -2.88. The van der Waals surface area contributed by atoms with Gasteiger partial charge < -0.3 is 26.5 Å². The highest BCUT2D eigenvalue weighted by Gasteiger charge is 2.42. The van der Waals surface area contributed by atoms with Crippen molar-refractivity contribution in [3.63, 3.8) is 0 Å². The van der Waals surface area contributed by atoms with Gasteiger partial charge in [-0.1, -0.05) is 216 Å². The van der Waals surface area contributed by atoms with Gasteiger partial charge in [-0.3, -0.25) is 0 Å². The van der Waals surface area contributed by atoms with E-state index in [1.54, 1.807) is 0 Å². The van der Waals surface area contributed by atoms with E-state index in [1.807, 2.05) is 0 Å². The maximum absolute atomic E-state index is 5.25. The third-order valence-electron chi connectivity index (χ3n) is 14.3. The van der Waals surface area contributed by atoms with Crippen molar-refractivity contribution in [1.82, 2.24) is 13.7 Å². The SMILES string of the molecule is Brc1cccc(-n2c3ccccc3c3ccccc32)c1.[C-]#C.c1ccc([Si](c2ccccc2)(c2cccc(-n3c4ccccc4c4ccccc43)c2)c2cccc(-n3c4ccccc4c4ccccc43)c2)cc1. The second-order valence-corrected chi connectivity index (χ2v) is 22.9. The van der Waals surface area contributed by atoms with Crippen LogP contribution in [0.4, 0.5) is 0 Å². The highest BCUT2D eigenvalue weighted by atomic mass is 79.9. The third kappa shape index (κ3) is 7.68. The molecule has 11 aromatic carbocycles. The summed E-state index contributed by atoms with van der Waals surface area (Å²) in [6.07, 6.45) is 9.00. The molecule has 0 N–H and O–H groups in total. The first-order chi connectivity index (χ1) is 36.2. The zero-order valence-corrected chi connectivity index (χ0v) is 42.4. The summed E-state index contributed by atoms with van der Waals surface area (Å²) in [5.41, 5.74) is 10.9. The molecule has 3 nitrogen and oxygen atoms in total. The summed E-state index contributed by atoms with van der Waals surface area (Å²) in [4.78, 5) is 0. The van der Waals surface area contributed by atoms with Gasteiger partial charge in [0.1, 0.15) is 0 Å². The quantitative estimate of drug-likeness (QED) is 0.0654. The molecule has 0 radical (unpaired) electrons. The molecule has 3 aromatic heterocycles. The van der Waals surface area contributed by atoms with Crippen molar-refractivity contribution in [3.8, 4) is 23.5 Å². The van der Waals surface area contributed by atoms with Gasteiger partial charge in [-0.05, 0) is 99.6 Å². The average molecular weight is 1010 g/mol. The van der Waals surface area contributed by atoms with E-state index in [-0.39, 0.29) is 0 Å². The number of aromatic nitrogens is 3. The van der Waals surface area contributed by atoms with Crippen LogP contribution in [0.15, 0.2) is 284 Å². The van der Waals surface area contributed by atoms with Crippen LogP contribution in [0.25, 0.3) is 82.5 Å². The Kier molecular flexibility index (Phi) is 12.0. The van der Waals surface area contributed by atoms with Crippen molar-refractivity contribution in [1.29, 1.82) is 0 Å². The van der Waals surface area contributed by atoms with Crippen LogP contribution in [-0.4, -0.2) is 21.8 Å². The molecule has 3 heterocycles. The van der Waals surface area contributed by atoms with E-state index in [4.69, 9.17) is 6.42 Å². The second kappa shape index (κ2) is 19.4. The molecule has 0 aliphatic carbocycles. The fourth-order valence-corrected chi connectivity index (χ4v) is 16.5. The van der Waals surface area contributed by atoms with Crippen molar-refractivity contribution in [2.24, 2.45) is 0 Å². The Morgan fingerprint density at radius 1 is 0.260 bits per heavy atom. The van der Waals surface area contributed by atoms with E-state index in [1.165, 1.54) is 103 Å². The molecular weight excluding hydrogens is 967 g/mol. The standard InChI is InChI=1S/C48H34N2Si.C18H12BrN.C2H/c1-3-19-37(20-4-1)51(38-21-5-2-6-22-38,39-23-15-17-35(33-39)49-45-29-11-7-25-41(45)42-26-8-12-30-46(42)49)40-24-16-18-36(34-40)50-47-31-13-9-27-43(47)44-28-10-14-32-48(44)50;19-13-6-5-7-14(12-13)20-17-10-3-1-8-15(17)16-9-2-4-11-18(16)20;1-2/h1-34H;1-12H;1H/q;;-1. The van der Waals surface area contributed by atoms with E-state index < -0.39 is 8.07 Å². The lowest BCUT2D eigenvalue weighted by atomic mass is 10.2. The van der Waals surface area contributed by atoms with Crippen LogP contribution in [0.3, 0.4) is 0 Å². The zero-order valence-electron chi connectivity index (χ0n) is 39.9. The smallest absolute Gasteiger partial charge is 0.179 e. The van der Waals surface area contributed by atoms with E-state index >= 15 is 0 Å². The van der Waals surface area contributed by atoms with Crippen molar-refractivity contribution < 1.29 is 0 Å². The van der Waals surface area contributed by atoms with Crippen molar-refractivity contribution in [2.75, 3.05) is 0 Å². The molecule has 73 heavy (non-hydrogen) atoms. The van der Waals surface area contributed by atoms with Gasteiger partial charge in [-0.25, -0.2) is 0 Å². The van der Waals surface area contributed by atoms with Gasteiger partial charge in [-0.15, -0.1) is 0 Å². The molecule has 0 saturated carbocycles.